The van der Waals surface area contributed by atoms with Crippen LogP contribution in [0.15, 0.2) is 24.4 Å². The number of hydrogen-bond acceptors (Lipinski definition) is 3. The summed E-state index contributed by atoms with van der Waals surface area (Å²) in [6.45, 7) is 1.01. The highest BCUT2D eigenvalue weighted by Gasteiger charge is 1.94. The molecule has 15 heavy (non-hydrogen) atoms. The predicted octanol–water partition coefficient (Wildman–Crippen LogP) is 1.77. The van der Waals surface area contributed by atoms with Crippen LogP contribution in [0.4, 0.5) is 5.82 Å². The summed E-state index contributed by atoms with van der Waals surface area (Å²) in [5.41, 5.74) is 1.15. The van der Waals surface area contributed by atoms with Crippen LogP contribution >= 0.6 is 0 Å². The Morgan fingerprint density at radius 2 is 2.20 bits per heavy atom. The number of aromatic nitrogens is 1. The third-order valence-corrected chi connectivity index (χ3v) is 2.10. The average Bonchev–Trinajstić information content (AvgIpc) is 2.25. The van der Waals surface area contributed by atoms with Crippen LogP contribution in [-0.2, 0) is 0 Å². The molecule has 1 aromatic rings. The lowest BCUT2D eigenvalue weighted by molar-refractivity contribution is 0.809. The molecule has 1 aromatic heterocycles. The van der Waals surface area contributed by atoms with Crippen molar-refractivity contribution in [3.63, 3.8) is 0 Å². The molecule has 0 aromatic carbocycles. The third-order valence-electron chi connectivity index (χ3n) is 2.10. The summed E-state index contributed by atoms with van der Waals surface area (Å²) in [5, 5.41) is 3.10. The number of rotatable bonds is 5. The first-order chi connectivity index (χ1) is 7.24. The Labute approximate surface area is 91.8 Å². The third kappa shape index (κ3) is 4.13. The fraction of sp³-hybridized carbons (Fsp3) is 0.417. The van der Waals surface area contributed by atoms with Gasteiger partial charge in [0.15, 0.2) is 0 Å². The molecule has 82 valence electrons. The van der Waals surface area contributed by atoms with Crippen LogP contribution in [0.2, 0.25) is 0 Å². The number of pyridine rings is 1. The summed E-state index contributed by atoms with van der Waals surface area (Å²) in [6.07, 6.45) is 7.20. The maximum absolute atomic E-state index is 4.34. The minimum absolute atomic E-state index is 0.988. The summed E-state index contributed by atoms with van der Waals surface area (Å²) in [5.74, 6) is 0.988. The minimum atomic E-state index is 0.988. The van der Waals surface area contributed by atoms with Crippen molar-refractivity contribution >= 4 is 11.9 Å². The zero-order valence-corrected chi connectivity index (χ0v) is 9.70. The second kappa shape index (κ2) is 6.19. The largest absolute Gasteiger partial charge is 0.363 e. The summed E-state index contributed by atoms with van der Waals surface area (Å²) in [6, 6.07) is 4.11. The van der Waals surface area contributed by atoms with Crippen LogP contribution in [0, 0.1) is 0 Å². The van der Waals surface area contributed by atoms with Gasteiger partial charge >= 0.3 is 0 Å². The molecular weight excluding hydrogens is 186 g/mol. The lowest BCUT2D eigenvalue weighted by atomic mass is 10.2. The standard InChI is InChI=1S/C12H19N3/c1-13-9-5-4-6-11-7-8-12(14-10-11)15(2)3/h4,6-8,10,13H,5,9H2,1-3H3. The molecule has 0 atom stereocenters. The van der Waals surface area contributed by atoms with E-state index in [9.17, 15) is 0 Å². The Bertz CT molecular complexity index is 301. The molecule has 3 heteroatoms. The van der Waals surface area contributed by atoms with Gasteiger partial charge in [-0.05, 0) is 37.7 Å². The summed E-state index contributed by atoms with van der Waals surface area (Å²) >= 11 is 0. The van der Waals surface area contributed by atoms with Gasteiger partial charge < -0.3 is 10.2 Å². The Balaban J connectivity index is 2.53. The van der Waals surface area contributed by atoms with Gasteiger partial charge in [0, 0.05) is 20.3 Å². The summed E-state index contributed by atoms with van der Waals surface area (Å²) in [7, 11) is 5.94. The molecule has 0 aliphatic carbocycles. The van der Waals surface area contributed by atoms with E-state index in [1.165, 1.54) is 0 Å². The Kier molecular flexibility index (Phi) is 4.84. The molecule has 0 aliphatic rings. The van der Waals surface area contributed by atoms with Gasteiger partial charge in [-0.2, -0.15) is 0 Å². The second-order valence-corrected chi connectivity index (χ2v) is 3.64. The van der Waals surface area contributed by atoms with E-state index in [1.54, 1.807) is 0 Å². The molecule has 0 radical (unpaired) electrons. The van der Waals surface area contributed by atoms with Gasteiger partial charge in [-0.15, -0.1) is 0 Å². The van der Waals surface area contributed by atoms with Crippen molar-refractivity contribution in [2.45, 2.75) is 6.42 Å². The van der Waals surface area contributed by atoms with E-state index in [1.807, 2.05) is 38.3 Å². The Morgan fingerprint density at radius 3 is 2.73 bits per heavy atom. The molecule has 0 saturated carbocycles. The van der Waals surface area contributed by atoms with Gasteiger partial charge in [-0.1, -0.05) is 12.2 Å². The molecule has 3 nitrogen and oxygen atoms in total. The molecule has 0 unspecified atom stereocenters. The van der Waals surface area contributed by atoms with Crippen molar-refractivity contribution in [3.8, 4) is 0 Å². The van der Waals surface area contributed by atoms with Crippen molar-refractivity contribution < 1.29 is 0 Å². The molecule has 1 rings (SSSR count). The molecule has 0 bridgehead atoms. The number of anilines is 1. The van der Waals surface area contributed by atoms with Crippen LogP contribution < -0.4 is 10.2 Å². The number of nitrogens with zero attached hydrogens (tertiary/aromatic N) is 2. The van der Waals surface area contributed by atoms with Gasteiger partial charge in [0.1, 0.15) is 5.82 Å². The molecule has 0 aliphatic heterocycles. The predicted molar refractivity (Wildman–Crippen MR) is 66.1 cm³/mol. The highest BCUT2D eigenvalue weighted by Crippen LogP contribution is 2.08. The fourth-order valence-corrected chi connectivity index (χ4v) is 1.21. The molecule has 1 heterocycles. The van der Waals surface area contributed by atoms with Crippen LogP contribution in [-0.4, -0.2) is 32.7 Å². The zero-order valence-electron chi connectivity index (χ0n) is 9.70. The summed E-state index contributed by atoms with van der Waals surface area (Å²) in [4.78, 5) is 6.33. The van der Waals surface area contributed by atoms with Gasteiger partial charge in [0.05, 0.1) is 0 Å². The summed E-state index contributed by atoms with van der Waals surface area (Å²) < 4.78 is 0. The van der Waals surface area contributed by atoms with E-state index in [0.717, 1.165) is 24.3 Å². The highest BCUT2D eigenvalue weighted by atomic mass is 15.1. The maximum atomic E-state index is 4.34. The van der Waals surface area contributed by atoms with E-state index in [2.05, 4.69) is 28.5 Å². The van der Waals surface area contributed by atoms with Crippen molar-refractivity contribution in [2.75, 3.05) is 32.6 Å². The molecule has 1 N–H and O–H groups in total. The number of hydrogen-bond donors (Lipinski definition) is 1. The SMILES string of the molecule is CNCCC=Cc1ccc(N(C)C)nc1. The topological polar surface area (TPSA) is 28.2 Å². The molecule has 0 spiro atoms. The van der Waals surface area contributed by atoms with E-state index >= 15 is 0 Å². The van der Waals surface area contributed by atoms with Crippen molar-refractivity contribution in [1.82, 2.24) is 10.3 Å². The smallest absolute Gasteiger partial charge is 0.127 e. The van der Waals surface area contributed by atoms with Crippen molar-refractivity contribution in [3.05, 3.63) is 30.0 Å². The van der Waals surface area contributed by atoms with Gasteiger partial charge in [0.25, 0.3) is 0 Å². The maximum Gasteiger partial charge on any atom is 0.127 e. The van der Waals surface area contributed by atoms with Crippen LogP contribution in [0.3, 0.4) is 0 Å². The normalized spacial score (nSPS) is 10.9. The molecular formula is C12H19N3. The molecule has 0 saturated heterocycles. The lowest BCUT2D eigenvalue weighted by Crippen LogP contribution is -2.10. The fourth-order valence-electron chi connectivity index (χ4n) is 1.21. The number of nitrogens with one attached hydrogen (secondary N) is 1. The Morgan fingerprint density at radius 1 is 1.40 bits per heavy atom. The quantitative estimate of drug-likeness (QED) is 0.743. The van der Waals surface area contributed by atoms with E-state index in [-0.39, 0.29) is 0 Å². The van der Waals surface area contributed by atoms with Crippen molar-refractivity contribution in [2.24, 2.45) is 0 Å². The van der Waals surface area contributed by atoms with Crippen LogP contribution in [0.5, 0.6) is 0 Å². The van der Waals surface area contributed by atoms with E-state index in [4.69, 9.17) is 0 Å². The molecule has 0 amide bonds. The first kappa shape index (κ1) is 11.7. The first-order valence-corrected chi connectivity index (χ1v) is 5.18. The van der Waals surface area contributed by atoms with Gasteiger partial charge in [-0.25, -0.2) is 4.98 Å². The van der Waals surface area contributed by atoms with E-state index < -0.39 is 0 Å². The van der Waals surface area contributed by atoms with Gasteiger partial charge in [-0.3, -0.25) is 0 Å². The van der Waals surface area contributed by atoms with Crippen molar-refractivity contribution in [1.29, 1.82) is 0 Å². The average molecular weight is 205 g/mol. The van der Waals surface area contributed by atoms with Crippen LogP contribution in [0.1, 0.15) is 12.0 Å². The lowest BCUT2D eigenvalue weighted by Gasteiger charge is -2.10. The van der Waals surface area contributed by atoms with Crippen LogP contribution in [0.25, 0.3) is 6.08 Å². The second-order valence-electron chi connectivity index (χ2n) is 3.64. The first-order valence-electron chi connectivity index (χ1n) is 5.18. The monoisotopic (exact) mass is 205 g/mol. The zero-order chi connectivity index (χ0) is 11.1. The van der Waals surface area contributed by atoms with Gasteiger partial charge in [0.2, 0.25) is 0 Å². The highest BCUT2D eigenvalue weighted by molar-refractivity contribution is 5.50. The Hall–Kier alpha value is -1.35. The minimum Gasteiger partial charge on any atom is -0.363 e. The molecule has 0 fully saturated rings. The van der Waals surface area contributed by atoms with E-state index in [0.29, 0.717) is 0 Å².